The summed E-state index contributed by atoms with van der Waals surface area (Å²) in [5.41, 5.74) is 12.8. The van der Waals surface area contributed by atoms with Crippen LogP contribution in [0.15, 0.2) is 156 Å². The molecule has 0 saturated heterocycles. The first kappa shape index (κ1) is 46.5. The maximum absolute atomic E-state index is 6.38. The van der Waals surface area contributed by atoms with Crippen LogP contribution in [0.5, 0.6) is 0 Å². The number of hydrogen-bond acceptors (Lipinski definition) is 0. The molecule has 0 aromatic heterocycles. The Morgan fingerprint density at radius 3 is 1.75 bits per heavy atom. The van der Waals surface area contributed by atoms with Gasteiger partial charge in [0.05, 0.1) is 0 Å². The van der Waals surface area contributed by atoms with Gasteiger partial charge < -0.3 is 24.8 Å². The molecule has 2 atom stereocenters. The maximum Gasteiger partial charge on any atom is -0.172 e. The summed E-state index contributed by atoms with van der Waals surface area (Å²) in [6, 6.07) is 44.0. The van der Waals surface area contributed by atoms with Gasteiger partial charge in [0, 0.05) is 0 Å². The third kappa shape index (κ3) is 7.22. The van der Waals surface area contributed by atoms with Gasteiger partial charge in [0.2, 0.25) is 0 Å². The van der Waals surface area contributed by atoms with Gasteiger partial charge in [-0.1, -0.05) is 113 Å². The minimum atomic E-state index is 0. The Morgan fingerprint density at radius 1 is 0.667 bits per heavy atom. The first-order chi connectivity index (χ1) is 27.6. The van der Waals surface area contributed by atoms with Crippen molar-refractivity contribution in [2.45, 2.75) is 74.7 Å². The normalized spacial score (nSPS) is 21.2. The van der Waals surface area contributed by atoms with Gasteiger partial charge in [0.1, 0.15) is 0 Å². The molecule has 6 aromatic rings. The summed E-state index contributed by atoms with van der Waals surface area (Å²) >= 11 is 14.1. The number of allylic oxidation sites excluding steroid dienone is 6. The molecule has 308 valence electrons. The largest absolute Gasteiger partial charge is 1.00 e. The Bertz CT molecular complexity index is 2550. The van der Waals surface area contributed by atoms with E-state index < -0.39 is 0 Å². The number of fused-ring (bicyclic) bond motifs is 8. The molecule has 1 fully saturated rings. The monoisotopic (exact) mass is 944 g/mol. The van der Waals surface area contributed by atoms with Gasteiger partial charge in [-0.3, -0.25) is 0 Å². The predicted octanol–water partition coefficient (Wildman–Crippen LogP) is 9.79. The van der Waals surface area contributed by atoms with Crippen LogP contribution in [0.25, 0.3) is 27.1 Å². The molecule has 0 nitrogen and oxygen atoms in total. The van der Waals surface area contributed by atoms with Gasteiger partial charge >= 0.3 is 166 Å². The van der Waals surface area contributed by atoms with Gasteiger partial charge in [0.25, 0.3) is 0 Å². The van der Waals surface area contributed by atoms with Crippen molar-refractivity contribution in [3.8, 4) is 0 Å². The number of halogens is 4. The van der Waals surface area contributed by atoms with E-state index in [9.17, 15) is 0 Å². The Morgan fingerprint density at radius 2 is 1.20 bits per heavy atom. The van der Waals surface area contributed by atoms with Crippen LogP contribution in [-0.2, 0) is 30.7 Å². The van der Waals surface area contributed by atoms with Gasteiger partial charge in [-0.25, -0.2) is 18.1 Å². The molecule has 10 rings (SSSR count). The number of hydrogen-bond donors (Lipinski definition) is 0. The molecule has 0 radical (unpaired) electrons. The van der Waals surface area contributed by atoms with Crippen LogP contribution in [0.3, 0.4) is 0 Å². The van der Waals surface area contributed by atoms with Gasteiger partial charge in [-0.15, -0.1) is 6.92 Å². The van der Waals surface area contributed by atoms with E-state index in [2.05, 4.69) is 140 Å². The van der Waals surface area contributed by atoms with Gasteiger partial charge in [-0.2, -0.15) is 29.3 Å². The molecule has 0 aliphatic heterocycles. The van der Waals surface area contributed by atoms with Gasteiger partial charge in [-0.05, 0) is 40.6 Å². The summed E-state index contributed by atoms with van der Waals surface area (Å²) in [5.74, 6) is 2.24. The van der Waals surface area contributed by atoms with E-state index in [0.717, 1.165) is 27.2 Å². The Kier molecular flexibility index (Phi) is 13.7. The molecule has 0 bridgehead atoms. The zero-order chi connectivity index (χ0) is 41.2. The fraction of sp³-hybridized carbons (Fsp3) is 0.291. The summed E-state index contributed by atoms with van der Waals surface area (Å²) in [4.78, 5) is 0. The quantitative estimate of drug-likeness (QED) is 0.152. The van der Waals surface area contributed by atoms with Crippen LogP contribution >= 0.6 is 23.2 Å². The maximum atomic E-state index is 6.38. The second kappa shape index (κ2) is 17.6. The van der Waals surface area contributed by atoms with E-state index in [4.69, 9.17) is 23.2 Å². The molecule has 4 aliphatic carbocycles. The molecule has 6 aromatic carbocycles. The van der Waals surface area contributed by atoms with Crippen LogP contribution in [0.4, 0.5) is 0 Å². The Labute approximate surface area is 396 Å². The average Bonchev–Trinajstić information content (AvgIpc) is 3.93. The van der Waals surface area contributed by atoms with Crippen LogP contribution in [0.2, 0.25) is 10.0 Å². The fourth-order valence-electron chi connectivity index (χ4n) is 11.0. The van der Waals surface area contributed by atoms with Crippen molar-refractivity contribution < 1.29 is 49.0 Å². The van der Waals surface area contributed by atoms with E-state index in [1.54, 1.807) is 28.2 Å². The van der Waals surface area contributed by atoms with Crippen molar-refractivity contribution in [2.24, 2.45) is 27.6 Å². The summed E-state index contributed by atoms with van der Waals surface area (Å²) in [5, 5.41) is 6.15. The van der Waals surface area contributed by atoms with E-state index >= 15 is 0 Å². The van der Waals surface area contributed by atoms with E-state index in [0.29, 0.717) is 5.92 Å². The summed E-state index contributed by atoms with van der Waals surface area (Å²) in [6.07, 6.45) is 8.50. The number of benzene rings is 5. The molecule has 4 aliphatic rings. The second-order valence-electron chi connectivity index (χ2n) is 18.4. The van der Waals surface area contributed by atoms with Crippen LogP contribution < -0.4 is 24.8 Å². The number of rotatable bonds is 2. The second-order valence-corrected chi connectivity index (χ2v) is 20.4. The van der Waals surface area contributed by atoms with Crippen molar-refractivity contribution in [2.75, 3.05) is 0 Å². The Balaban J connectivity index is 0.000000177. The molecule has 0 spiro atoms. The first-order valence-electron chi connectivity index (χ1n) is 20.8. The standard InChI is InChI=1S/C29H37.C21H12Cl2.C5H5.2ClH.Zr/c1-18-25-22-17-19-13-9-10-14-20(19)24(22)21-15-11-12-16-23(21)29(25,8)28(6,7)27(4,5)26(18,2)3;22-20-11-3-7-16-14(5-1-9-18(16)20)13-15-6-2-10-19-17(15)8-4-12-21(19)23;1-2-4-5-3-1;;;/h9-11,13-15,23H,12,16-17H2,1-8H3;1-12H;1-5H;2*1H;/q-1;;-1;;;+2/p-2. The van der Waals surface area contributed by atoms with Crippen molar-refractivity contribution in [3.05, 3.63) is 194 Å². The molecule has 60 heavy (non-hydrogen) atoms. The van der Waals surface area contributed by atoms with E-state index in [-0.39, 0.29) is 46.5 Å². The van der Waals surface area contributed by atoms with Gasteiger partial charge in [0.15, 0.2) is 0 Å². The van der Waals surface area contributed by atoms with E-state index in [1.807, 2.05) is 54.6 Å². The first-order valence-corrected chi connectivity index (χ1v) is 22.8. The Hall–Kier alpha value is -3.03. The van der Waals surface area contributed by atoms with Crippen LogP contribution in [-0.4, -0.2) is 3.21 Å². The molecule has 5 heteroatoms. The molecular formula is C55H54Cl4Zr-2. The zero-order valence-electron chi connectivity index (χ0n) is 36.0. The zero-order valence-corrected chi connectivity index (χ0v) is 41.5. The van der Waals surface area contributed by atoms with Crippen molar-refractivity contribution in [1.29, 1.82) is 0 Å². The molecule has 0 amide bonds. The van der Waals surface area contributed by atoms with Crippen molar-refractivity contribution >= 4 is 53.5 Å². The SMILES string of the molecule is C[C-]1C2=C3Cc4ccccc4C3=C3C=CCCC3C2(C)C(C)(C)C(C)(C)C1(C)C.Clc1cccc2c([C](=[Zr+2])c3cccc4c(Cl)cccc34)cccc12.[Cl-].[Cl-].c1cc[cH-]c1. The van der Waals surface area contributed by atoms with Crippen LogP contribution in [0.1, 0.15) is 90.5 Å². The van der Waals surface area contributed by atoms with E-state index in [1.165, 1.54) is 73.3 Å². The van der Waals surface area contributed by atoms with Crippen LogP contribution in [0, 0.1) is 33.5 Å². The van der Waals surface area contributed by atoms with Crippen molar-refractivity contribution in [3.63, 3.8) is 0 Å². The molecule has 0 N–H and O–H groups in total. The summed E-state index contributed by atoms with van der Waals surface area (Å²) in [6.45, 7) is 20.3. The predicted molar refractivity (Wildman–Crippen MR) is 247 cm³/mol. The smallest absolute Gasteiger partial charge is 0.172 e. The average molecular weight is 948 g/mol. The minimum absolute atomic E-state index is 0. The van der Waals surface area contributed by atoms with Crippen molar-refractivity contribution in [1.82, 2.24) is 0 Å². The summed E-state index contributed by atoms with van der Waals surface area (Å²) in [7, 11) is 0. The molecule has 0 heterocycles. The third-order valence-electron chi connectivity index (χ3n) is 15.6. The molecule has 2 unspecified atom stereocenters. The molecular weight excluding hydrogens is 894 g/mol. The summed E-state index contributed by atoms with van der Waals surface area (Å²) < 4.78 is 1.31. The molecule has 1 saturated carbocycles. The fourth-order valence-corrected chi connectivity index (χ4v) is 12.6. The topological polar surface area (TPSA) is 0 Å². The minimum Gasteiger partial charge on any atom is -1.00 e. The third-order valence-corrected chi connectivity index (χ3v) is 17.6.